The number of hydrogen-bond acceptors (Lipinski definition) is 5. The van der Waals surface area contributed by atoms with E-state index < -0.39 is 23.8 Å². The monoisotopic (exact) mass is 422 g/mol. The third kappa shape index (κ3) is 4.76. The molecule has 0 bridgehead atoms. The molecule has 0 amide bonds. The number of carbonyl (C=O) groups is 1. The lowest BCUT2D eigenvalue weighted by Crippen LogP contribution is -2.13. The van der Waals surface area contributed by atoms with Crippen LogP contribution in [0.2, 0.25) is 0 Å². The number of halogens is 3. The van der Waals surface area contributed by atoms with E-state index in [2.05, 4.69) is 15.0 Å². The molecule has 3 rings (SSSR count). The number of hydrogen-bond donors (Lipinski definition) is 1. The van der Waals surface area contributed by atoms with Crippen molar-refractivity contribution in [2.45, 2.75) is 39.6 Å². The Morgan fingerprint density at radius 3 is 2.40 bits per heavy atom. The third-order valence-corrected chi connectivity index (χ3v) is 4.39. The number of alkyl halides is 3. The van der Waals surface area contributed by atoms with Gasteiger partial charge < -0.3 is 14.4 Å². The standard InChI is InChI=1S/C20H21F3N4O3/c1-11(2)10-30-12(3)18-26-16-15(8-24-17(25-16)19(28)29)27(18)9-13-4-6-14(7-5-13)20(21,22)23/h4-8,11-12H,9-10H2,1-3H3,(H,28,29). The second-order valence-electron chi connectivity index (χ2n) is 7.33. The fourth-order valence-electron chi connectivity index (χ4n) is 2.90. The van der Waals surface area contributed by atoms with Crippen LogP contribution >= 0.6 is 0 Å². The van der Waals surface area contributed by atoms with Crippen LogP contribution in [0.1, 0.15) is 54.4 Å². The van der Waals surface area contributed by atoms with Gasteiger partial charge in [-0.1, -0.05) is 26.0 Å². The molecular weight excluding hydrogens is 401 g/mol. The number of ether oxygens (including phenoxy) is 1. The maximum atomic E-state index is 12.8. The third-order valence-electron chi connectivity index (χ3n) is 4.39. The average Bonchev–Trinajstić information content (AvgIpc) is 3.03. The zero-order valence-electron chi connectivity index (χ0n) is 16.6. The Kier molecular flexibility index (Phi) is 6.06. The predicted octanol–water partition coefficient (Wildman–Crippen LogP) is 4.33. The summed E-state index contributed by atoms with van der Waals surface area (Å²) in [6.07, 6.45) is -3.50. The van der Waals surface area contributed by atoms with Crippen LogP contribution in [-0.2, 0) is 17.5 Å². The molecule has 0 spiro atoms. The highest BCUT2D eigenvalue weighted by Gasteiger charge is 2.30. The van der Waals surface area contributed by atoms with Crippen molar-refractivity contribution >= 4 is 17.1 Å². The molecule has 10 heteroatoms. The van der Waals surface area contributed by atoms with Crippen molar-refractivity contribution in [3.63, 3.8) is 0 Å². The zero-order valence-corrected chi connectivity index (χ0v) is 16.6. The summed E-state index contributed by atoms with van der Waals surface area (Å²) in [6.45, 7) is 6.50. The molecule has 160 valence electrons. The van der Waals surface area contributed by atoms with Gasteiger partial charge in [-0.2, -0.15) is 13.2 Å². The summed E-state index contributed by atoms with van der Waals surface area (Å²) in [4.78, 5) is 23.4. The van der Waals surface area contributed by atoms with E-state index in [0.29, 0.717) is 29.4 Å². The van der Waals surface area contributed by atoms with E-state index in [1.165, 1.54) is 18.3 Å². The Morgan fingerprint density at radius 1 is 1.17 bits per heavy atom. The fraction of sp³-hybridized carbons (Fsp3) is 0.400. The van der Waals surface area contributed by atoms with Crippen molar-refractivity contribution in [2.24, 2.45) is 5.92 Å². The van der Waals surface area contributed by atoms with Gasteiger partial charge in [-0.3, -0.25) is 0 Å². The largest absolute Gasteiger partial charge is 0.475 e. The number of nitrogens with zero attached hydrogens (tertiary/aromatic N) is 4. The van der Waals surface area contributed by atoms with Gasteiger partial charge in [0.25, 0.3) is 0 Å². The van der Waals surface area contributed by atoms with Crippen LogP contribution in [0.5, 0.6) is 0 Å². The van der Waals surface area contributed by atoms with Gasteiger partial charge in [-0.15, -0.1) is 0 Å². The van der Waals surface area contributed by atoms with Crippen LogP contribution in [0, 0.1) is 5.92 Å². The molecule has 0 aliphatic rings. The van der Waals surface area contributed by atoms with Crippen LogP contribution in [0.4, 0.5) is 13.2 Å². The normalized spacial score (nSPS) is 13.2. The number of carboxylic acids is 1. The molecule has 0 radical (unpaired) electrons. The van der Waals surface area contributed by atoms with Crippen LogP contribution < -0.4 is 0 Å². The Bertz CT molecular complexity index is 1050. The molecule has 2 aromatic heterocycles. The molecule has 0 aliphatic heterocycles. The first-order valence-electron chi connectivity index (χ1n) is 9.30. The molecule has 3 aromatic rings. The Hall–Kier alpha value is -3.01. The summed E-state index contributed by atoms with van der Waals surface area (Å²) < 4.78 is 46.1. The lowest BCUT2D eigenvalue weighted by molar-refractivity contribution is -0.137. The second kappa shape index (κ2) is 8.39. The van der Waals surface area contributed by atoms with Gasteiger partial charge in [0.15, 0.2) is 5.65 Å². The van der Waals surface area contributed by atoms with Crippen LogP contribution in [0.25, 0.3) is 11.2 Å². The highest BCUT2D eigenvalue weighted by Crippen LogP contribution is 2.30. The molecule has 7 nitrogen and oxygen atoms in total. The summed E-state index contributed by atoms with van der Waals surface area (Å²) >= 11 is 0. The molecule has 1 atom stereocenters. The van der Waals surface area contributed by atoms with E-state index in [1.807, 2.05) is 13.8 Å². The van der Waals surface area contributed by atoms with Gasteiger partial charge >= 0.3 is 12.1 Å². The molecule has 0 saturated carbocycles. The number of aromatic nitrogens is 4. The van der Waals surface area contributed by atoms with E-state index in [-0.39, 0.29) is 18.0 Å². The quantitative estimate of drug-likeness (QED) is 0.610. The van der Waals surface area contributed by atoms with Crippen LogP contribution in [-0.4, -0.2) is 37.2 Å². The molecule has 1 aromatic carbocycles. The maximum Gasteiger partial charge on any atom is 0.416 e. The highest BCUT2D eigenvalue weighted by molar-refractivity contribution is 5.85. The van der Waals surface area contributed by atoms with E-state index in [4.69, 9.17) is 9.84 Å². The highest BCUT2D eigenvalue weighted by atomic mass is 19.4. The van der Waals surface area contributed by atoms with Gasteiger partial charge in [-0.05, 0) is 30.5 Å². The van der Waals surface area contributed by atoms with Gasteiger partial charge in [0.1, 0.15) is 17.4 Å². The number of fused-ring (bicyclic) bond motifs is 1. The minimum atomic E-state index is -4.41. The molecule has 30 heavy (non-hydrogen) atoms. The SMILES string of the molecule is CC(C)COC(C)c1nc2nc(C(=O)O)ncc2n1Cc1ccc(C(F)(F)F)cc1. The average molecular weight is 422 g/mol. The summed E-state index contributed by atoms with van der Waals surface area (Å²) in [5, 5.41) is 9.13. The predicted molar refractivity (Wildman–Crippen MR) is 102 cm³/mol. The van der Waals surface area contributed by atoms with Crippen LogP contribution in [0.3, 0.4) is 0 Å². The molecule has 0 saturated heterocycles. The molecule has 0 fully saturated rings. The Labute approximate surface area is 170 Å². The molecule has 0 aliphatic carbocycles. The molecule has 1 N–H and O–H groups in total. The van der Waals surface area contributed by atoms with Crippen molar-refractivity contribution < 1.29 is 27.8 Å². The summed E-state index contributed by atoms with van der Waals surface area (Å²) in [6, 6.07) is 4.83. The minimum Gasteiger partial charge on any atom is -0.475 e. The number of benzene rings is 1. The van der Waals surface area contributed by atoms with Gasteiger partial charge in [0.05, 0.1) is 11.8 Å². The van der Waals surface area contributed by atoms with Crippen molar-refractivity contribution in [1.82, 2.24) is 19.5 Å². The molecule has 1 unspecified atom stereocenters. The minimum absolute atomic E-state index is 0.185. The smallest absolute Gasteiger partial charge is 0.416 e. The van der Waals surface area contributed by atoms with Crippen molar-refractivity contribution in [1.29, 1.82) is 0 Å². The molecular formula is C20H21F3N4O3. The van der Waals surface area contributed by atoms with Gasteiger partial charge in [-0.25, -0.2) is 19.7 Å². The number of rotatable bonds is 7. The zero-order chi connectivity index (χ0) is 22.1. The van der Waals surface area contributed by atoms with Gasteiger partial charge in [0.2, 0.25) is 5.82 Å². The van der Waals surface area contributed by atoms with Crippen LogP contribution in [0.15, 0.2) is 30.5 Å². The molecule has 2 heterocycles. The van der Waals surface area contributed by atoms with Crippen molar-refractivity contribution in [2.75, 3.05) is 6.61 Å². The van der Waals surface area contributed by atoms with E-state index in [0.717, 1.165) is 12.1 Å². The Balaban J connectivity index is 2.01. The summed E-state index contributed by atoms with van der Waals surface area (Å²) in [5.74, 6) is -0.884. The van der Waals surface area contributed by atoms with Crippen molar-refractivity contribution in [3.05, 3.63) is 53.2 Å². The summed E-state index contributed by atoms with van der Waals surface area (Å²) in [5.41, 5.74) is 0.533. The van der Waals surface area contributed by atoms with E-state index >= 15 is 0 Å². The topological polar surface area (TPSA) is 90.1 Å². The lowest BCUT2D eigenvalue weighted by atomic mass is 10.1. The number of imidazole rings is 1. The number of aromatic carboxylic acids is 1. The second-order valence-corrected chi connectivity index (χ2v) is 7.33. The summed E-state index contributed by atoms with van der Waals surface area (Å²) in [7, 11) is 0. The van der Waals surface area contributed by atoms with E-state index in [1.54, 1.807) is 11.5 Å². The maximum absolute atomic E-state index is 12.8. The number of carboxylic acid groups (broad SMARTS) is 1. The first-order valence-corrected chi connectivity index (χ1v) is 9.30. The van der Waals surface area contributed by atoms with Crippen molar-refractivity contribution in [3.8, 4) is 0 Å². The fourth-order valence-corrected chi connectivity index (χ4v) is 2.90. The first-order chi connectivity index (χ1) is 14.1. The first kappa shape index (κ1) is 21.7. The van der Waals surface area contributed by atoms with Gasteiger partial charge in [0, 0.05) is 13.2 Å². The Morgan fingerprint density at radius 2 is 1.83 bits per heavy atom. The lowest BCUT2D eigenvalue weighted by Gasteiger charge is -2.17. The van der Waals surface area contributed by atoms with E-state index in [9.17, 15) is 18.0 Å².